The minimum atomic E-state index is 1.06. The van der Waals surface area contributed by atoms with Crippen LogP contribution in [-0.4, -0.2) is 13.6 Å². The summed E-state index contributed by atoms with van der Waals surface area (Å²) in [5.74, 6) is 0. The fraction of sp³-hybridized carbons (Fsp3) is 0.429. The van der Waals surface area contributed by atoms with Gasteiger partial charge in [0.1, 0.15) is 0 Å². The number of anilines is 1. The zero-order chi connectivity index (χ0) is 7.56. The molecule has 3 heteroatoms. The zero-order valence-electron chi connectivity index (χ0n) is 6.10. The third-order valence-corrected chi connectivity index (χ3v) is 2.96. The van der Waals surface area contributed by atoms with Crippen molar-refractivity contribution in [1.29, 1.82) is 0 Å². The molecule has 1 nitrogen and oxygen atoms in total. The molecule has 0 fully saturated rings. The van der Waals surface area contributed by atoms with Gasteiger partial charge in [-0.3, -0.25) is 0 Å². The molecule has 0 bridgehead atoms. The van der Waals surface area contributed by atoms with Crippen LogP contribution < -0.4 is 4.90 Å². The molecule has 1 aromatic rings. The predicted octanol–water partition coefficient (Wildman–Crippen LogP) is 2.97. The summed E-state index contributed by atoms with van der Waals surface area (Å²) in [7, 11) is 2.09. The summed E-state index contributed by atoms with van der Waals surface area (Å²) in [5.41, 5.74) is 1.29. The first-order valence-corrected chi connectivity index (χ1v) is 4.86. The number of hydrogen-bond acceptors (Lipinski definition) is 2. The normalized spacial score (nSPS) is 9.90. The van der Waals surface area contributed by atoms with E-state index in [4.69, 9.17) is 0 Å². The van der Waals surface area contributed by atoms with Crippen LogP contribution in [0.15, 0.2) is 15.2 Å². The Morgan fingerprint density at radius 1 is 1.70 bits per heavy atom. The number of halogens is 1. The maximum absolute atomic E-state index is 3.42. The lowest BCUT2D eigenvalue weighted by atomic mass is 10.4. The molecule has 1 aromatic heterocycles. The number of rotatable bonds is 2. The van der Waals surface area contributed by atoms with Gasteiger partial charge < -0.3 is 4.90 Å². The van der Waals surface area contributed by atoms with Crippen LogP contribution in [0, 0.1) is 0 Å². The van der Waals surface area contributed by atoms with Gasteiger partial charge in [0.2, 0.25) is 0 Å². The van der Waals surface area contributed by atoms with Crippen LogP contribution in [0.3, 0.4) is 0 Å². The Morgan fingerprint density at radius 2 is 2.40 bits per heavy atom. The Hall–Kier alpha value is -0.0200. The molecule has 0 atom stereocenters. The van der Waals surface area contributed by atoms with Gasteiger partial charge in [-0.2, -0.15) is 0 Å². The fourth-order valence-corrected chi connectivity index (χ4v) is 1.87. The van der Waals surface area contributed by atoms with Crippen LogP contribution in [0.1, 0.15) is 6.92 Å². The molecule has 0 radical (unpaired) electrons. The molecule has 0 aliphatic carbocycles. The number of nitrogens with zero attached hydrogens (tertiary/aromatic N) is 1. The molecule has 0 saturated carbocycles. The maximum Gasteiger partial charge on any atom is 0.0719 e. The van der Waals surface area contributed by atoms with Crippen molar-refractivity contribution in [3.05, 3.63) is 15.2 Å². The Kier molecular flexibility index (Phi) is 2.74. The lowest BCUT2D eigenvalue weighted by Crippen LogP contribution is -2.14. The van der Waals surface area contributed by atoms with E-state index in [2.05, 4.69) is 46.2 Å². The first-order valence-electron chi connectivity index (χ1n) is 3.19. The highest BCUT2D eigenvalue weighted by Crippen LogP contribution is 2.26. The summed E-state index contributed by atoms with van der Waals surface area (Å²) < 4.78 is 1.20. The van der Waals surface area contributed by atoms with Crippen molar-refractivity contribution >= 4 is 33.0 Å². The Bertz CT molecular complexity index is 209. The van der Waals surface area contributed by atoms with E-state index in [0.717, 1.165) is 6.54 Å². The van der Waals surface area contributed by atoms with E-state index in [9.17, 15) is 0 Å². The quantitative estimate of drug-likeness (QED) is 0.740. The Balaban J connectivity index is 2.74. The van der Waals surface area contributed by atoms with E-state index in [1.54, 1.807) is 11.3 Å². The largest absolute Gasteiger partial charge is 0.374 e. The zero-order valence-corrected chi connectivity index (χ0v) is 8.50. The van der Waals surface area contributed by atoms with Gasteiger partial charge in [-0.15, -0.1) is 11.3 Å². The first kappa shape index (κ1) is 8.08. The third-order valence-electron chi connectivity index (χ3n) is 1.47. The molecular weight excluding hydrogens is 210 g/mol. The number of thiophene rings is 1. The van der Waals surface area contributed by atoms with Crippen molar-refractivity contribution in [2.24, 2.45) is 0 Å². The van der Waals surface area contributed by atoms with Crippen LogP contribution in [0.4, 0.5) is 5.69 Å². The van der Waals surface area contributed by atoms with E-state index >= 15 is 0 Å². The molecule has 0 saturated heterocycles. The van der Waals surface area contributed by atoms with E-state index in [-0.39, 0.29) is 0 Å². The highest BCUT2D eigenvalue weighted by Gasteiger charge is 1.99. The molecule has 0 aliphatic rings. The van der Waals surface area contributed by atoms with Crippen LogP contribution in [0.2, 0.25) is 0 Å². The Morgan fingerprint density at radius 3 is 2.80 bits per heavy atom. The van der Waals surface area contributed by atoms with E-state index < -0.39 is 0 Å². The monoisotopic (exact) mass is 219 g/mol. The van der Waals surface area contributed by atoms with Gasteiger partial charge in [0.05, 0.1) is 3.79 Å². The average Bonchev–Trinajstić information content (AvgIpc) is 2.34. The molecular formula is C7H10BrNS. The minimum absolute atomic E-state index is 1.06. The summed E-state index contributed by atoms with van der Waals surface area (Å²) in [5, 5.41) is 2.15. The molecule has 56 valence electrons. The molecule has 1 rings (SSSR count). The standard InChI is InChI=1S/C7H10BrNS/c1-3-9(2)6-4-7(8)10-5-6/h4-5H,3H2,1-2H3. The van der Waals surface area contributed by atoms with Crippen molar-refractivity contribution in [2.45, 2.75) is 6.92 Å². The van der Waals surface area contributed by atoms with E-state index in [1.165, 1.54) is 9.47 Å². The number of hydrogen-bond donors (Lipinski definition) is 0. The van der Waals surface area contributed by atoms with Gasteiger partial charge in [0.15, 0.2) is 0 Å². The van der Waals surface area contributed by atoms with Crippen LogP contribution in [-0.2, 0) is 0 Å². The van der Waals surface area contributed by atoms with Crippen molar-refractivity contribution in [3.8, 4) is 0 Å². The molecule has 0 N–H and O–H groups in total. The minimum Gasteiger partial charge on any atom is -0.374 e. The van der Waals surface area contributed by atoms with Crippen molar-refractivity contribution < 1.29 is 0 Å². The lowest BCUT2D eigenvalue weighted by Gasteiger charge is -2.13. The van der Waals surface area contributed by atoms with E-state index in [1.807, 2.05) is 0 Å². The van der Waals surface area contributed by atoms with Gasteiger partial charge >= 0.3 is 0 Å². The SMILES string of the molecule is CCN(C)c1csc(Br)c1. The summed E-state index contributed by atoms with van der Waals surface area (Å²) in [6.45, 7) is 3.20. The van der Waals surface area contributed by atoms with Crippen LogP contribution in [0.5, 0.6) is 0 Å². The van der Waals surface area contributed by atoms with E-state index in [0.29, 0.717) is 0 Å². The van der Waals surface area contributed by atoms with Gasteiger partial charge in [0.25, 0.3) is 0 Å². The molecule has 1 heterocycles. The van der Waals surface area contributed by atoms with Crippen LogP contribution in [0.25, 0.3) is 0 Å². The lowest BCUT2D eigenvalue weighted by molar-refractivity contribution is 0.972. The topological polar surface area (TPSA) is 3.24 Å². The fourth-order valence-electron chi connectivity index (χ4n) is 0.684. The predicted molar refractivity (Wildman–Crippen MR) is 51.0 cm³/mol. The second kappa shape index (κ2) is 3.39. The average molecular weight is 220 g/mol. The summed E-state index contributed by atoms with van der Waals surface area (Å²) in [6, 6.07) is 2.13. The molecule has 0 spiro atoms. The van der Waals surface area contributed by atoms with Gasteiger partial charge in [-0.25, -0.2) is 0 Å². The maximum atomic E-state index is 3.42. The molecule has 0 unspecified atom stereocenters. The van der Waals surface area contributed by atoms with Crippen molar-refractivity contribution in [2.75, 3.05) is 18.5 Å². The molecule has 0 aliphatic heterocycles. The summed E-state index contributed by atoms with van der Waals surface area (Å²) >= 11 is 5.14. The second-order valence-corrected chi connectivity index (χ2v) is 4.41. The molecule has 10 heavy (non-hydrogen) atoms. The second-order valence-electron chi connectivity index (χ2n) is 2.12. The van der Waals surface area contributed by atoms with Gasteiger partial charge in [-0.05, 0) is 28.9 Å². The summed E-state index contributed by atoms with van der Waals surface area (Å²) in [4.78, 5) is 2.21. The van der Waals surface area contributed by atoms with Gasteiger partial charge in [-0.1, -0.05) is 0 Å². The highest BCUT2D eigenvalue weighted by atomic mass is 79.9. The summed E-state index contributed by atoms with van der Waals surface area (Å²) in [6.07, 6.45) is 0. The van der Waals surface area contributed by atoms with Crippen LogP contribution >= 0.6 is 27.3 Å². The third kappa shape index (κ3) is 1.73. The first-order chi connectivity index (χ1) is 4.74. The highest BCUT2D eigenvalue weighted by molar-refractivity contribution is 9.11. The smallest absolute Gasteiger partial charge is 0.0719 e. The molecule has 0 amide bonds. The molecule has 0 aromatic carbocycles. The Labute approximate surface area is 73.8 Å². The van der Waals surface area contributed by atoms with Gasteiger partial charge in [0, 0.05) is 24.7 Å². The van der Waals surface area contributed by atoms with Crippen molar-refractivity contribution in [3.63, 3.8) is 0 Å². The van der Waals surface area contributed by atoms with Crippen molar-refractivity contribution in [1.82, 2.24) is 0 Å².